The van der Waals surface area contributed by atoms with Crippen LogP contribution in [0.1, 0.15) is 19.3 Å². The van der Waals surface area contributed by atoms with Crippen LogP contribution in [0.4, 0.5) is 14.9 Å². The Kier molecular flexibility index (Phi) is 4.79. The molecule has 3 amide bonds. The molecule has 2 aromatic carbocycles. The Hall–Kier alpha value is -2.51. The molecule has 0 spiro atoms. The third-order valence-electron chi connectivity index (χ3n) is 6.37. The zero-order valence-corrected chi connectivity index (χ0v) is 18.0. The minimum Gasteiger partial charge on any atom is -0.484 e. The van der Waals surface area contributed by atoms with Gasteiger partial charge in [0.25, 0.3) is 5.91 Å². The molecule has 4 aliphatic rings. The first kappa shape index (κ1) is 20.4. The molecule has 4 fully saturated rings. The molecule has 2 bridgehead atoms. The maximum absolute atomic E-state index is 14.3. The number of nitrogens with one attached hydrogen (secondary N) is 1. The summed E-state index contributed by atoms with van der Waals surface area (Å²) in [6.45, 7) is 0.876. The van der Waals surface area contributed by atoms with Gasteiger partial charge in [0, 0.05) is 28.7 Å². The number of anilines is 1. The molecule has 0 atom stereocenters. The van der Waals surface area contributed by atoms with Crippen LogP contribution in [0.5, 0.6) is 5.75 Å². The first-order valence-electron chi connectivity index (χ1n) is 10.0. The molecule has 9 heteroatoms. The molecule has 2 aromatic rings. The SMILES string of the molecule is O=C(COc1ccc(Cl)cc1)NC12CC(N3CCN(c4ccc(Cl)cc4F)C3=O)(C1)C2. The third-order valence-corrected chi connectivity index (χ3v) is 6.86. The van der Waals surface area contributed by atoms with Crippen LogP contribution in [-0.4, -0.2) is 47.6 Å². The van der Waals surface area contributed by atoms with Crippen molar-refractivity contribution >= 4 is 40.8 Å². The van der Waals surface area contributed by atoms with Gasteiger partial charge in [0.15, 0.2) is 6.61 Å². The molecule has 0 aromatic heterocycles. The Labute approximate surface area is 188 Å². The molecule has 1 heterocycles. The molecule has 3 aliphatic carbocycles. The lowest BCUT2D eigenvalue weighted by atomic mass is 9.43. The minimum absolute atomic E-state index is 0.0807. The second-order valence-electron chi connectivity index (χ2n) is 8.51. The summed E-state index contributed by atoms with van der Waals surface area (Å²) in [5, 5.41) is 3.94. The number of nitrogens with zero attached hydrogens (tertiary/aromatic N) is 2. The summed E-state index contributed by atoms with van der Waals surface area (Å²) in [5.74, 6) is -0.128. The Morgan fingerprint density at radius 3 is 2.42 bits per heavy atom. The smallest absolute Gasteiger partial charge is 0.325 e. The average Bonchev–Trinajstić information content (AvgIpc) is 3.04. The highest BCUT2D eigenvalue weighted by Crippen LogP contribution is 2.64. The summed E-state index contributed by atoms with van der Waals surface area (Å²) < 4.78 is 19.8. The lowest BCUT2D eigenvalue weighted by molar-refractivity contribution is -0.165. The number of amides is 3. The number of urea groups is 1. The normalized spacial score (nSPS) is 26.4. The Bertz CT molecular complexity index is 1040. The van der Waals surface area contributed by atoms with Crippen LogP contribution in [0.25, 0.3) is 0 Å². The van der Waals surface area contributed by atoms with Crippen molar-refractivity contribution in [2.24, 2.45) is 0 Å². The predicted octanol–water partition coefficient (Wildman–Crippen LogP) is 4.24. The molecule has 1 aliphatic heterocycles. The van der Waals surface area contributed by atoms with Gasteiger partial charge in [0.1, 0.15) is 11.6 Å². The van der Waals surface area contributed by atoms with E-state index in [-0.39, 0.29) is 35.3 Å². The summed E-state index contributed by atoms with van der Waals surface area (Å²) >= 11 is 11.7. The number of carbonyl (C=O) groups excluding carboxylic acids is 2. The number of rotatable bonds is 6. The van der Waals surface area contributed by atoms with Crippen LogP contribution in [0.2, 0.25) is 10.0 Å². The van der Waals surface area contributed by atoms with Crippen LogP contribution < -0.4 is 15.0 Å². The van der Waals surface area contributed by atoms with Gasteiger partial charge in [0.05, 0.1) is 11.2 Å². The van der Waals surface area contributed by atoms with Gasteiger partial charge < -0.3 is 15.0 Å². The monoisotopic (exact) mass is 463 g/mol. The highest BCUT2D eigenvalue weighted by molar-refractivity contribution is 6.30. The van der Waals surface area contributed by atoms with Crippen molar-refractivity contribution < 1.29 is 18.7 Å². The van der Waals surface area contributed by atoms with E-state index >= 15 is 0 Å². The summed E-state index contributed by atoms with van der Waals surface area (Å²) in [6.07, 6.45) is 2.11. The first-order chi connectivity index (χ1) is 14.8. The van der Waals surface area contributed by atoms with Crippen LogP contribution >= 0.6 is 23.2 Å². The van der Waals surface area contributed by atoms with E-state index in [9.17, 15) is 14.0 Å². The summed E-state index contributed by atoms with van der Waals surface area (Å²) in [7, 11) is 0. The van der Waals surface area contributed by atoms with E-state index in [1.165, 1.54) is 17.0 Å². The minimum atomic E-state index is -0.510. The van der Waals surface area contributed by atoms with Crippen molar-refractivity contribution in [2.45, 2.75) is 30.3 Å². The number of hydrogen-bond donors (Lipinski definition) is 1. The van der Waals surface area contributed by atoms with Crippen molar-refractivity contribution in [1.29, 1.82) is 0 Å². The predicted molar refractivity (Wildman–Crippen MR) is 115 cm³/mol. The quantitative estimate of drug-likeness (QED) is 0.696. The summed E-state index contributed by atoms with van der Waals surface area (Å²) in [4.78, 5) is 28.5. The number of hydrogen-bond acceptors (Lipinski definition) is 3. The van der Waals surface area contributed by atoms with Crippen molar-refractivity contribution in [2.75, 3.05) is 24.6 Å². The van der Waals surface area contributed by atoms with E-state index in [4.69, 9.17) is 27.9 Å². The van der Waals surface area contributed by atoms with Crippen LogP contribution in [0.15, 0.2) is 42.5 Å². The lowest BCUT2D eigenvalue weighted by Crippen LogP contribution is -2.84. The Morgan fingerprint density at radius 1 is 1.06 bits per heavy atom. The Morgan fingerprint density at radius 2 is 1.74 bits per heavy atom. The van der Waals surface area contributed by atoms with Crippen LogP contribution in [0.3, 0.4) is 0 Å². The zero-order valence-electron chi connectivity index (χ0n) is 16.5. The average molecular weight is 464 g/mol. The molecule has 1 N–H and O–H groups in total. The lowest BCUT2D eigenvalue weighted by Gasteiger charge is -2.72. The van der Waals surface area contributed by atoms with Gasteiger partial charge in [-0.3, -0.25) is 9.69 Å². The first-order valence-corrected chi connectivity index (χ1v) is 10.8. The fourth-order valence-electron chi connectivity index (χ4n) is 5.07. The molecule has 0 radical (unpaired) electrons. The zero-order chi connectivity index (χ0) is 21.8. The highest BCUT2D eigenvalue weighted by Gasteiger charge is 2.72. The number of carbonyl (C=O) groups is 2. The highest BCUT2D eigenvalue weighted by atomic mass is 35.5. The van der Waals surface area contributed by atoms with Crippen LogP contribution in [-0.2, 0) is 4.79 Å². The van der Waals surface area contributed by atoms with Gasteiger partial charge in [-0.2, -0.15) is 0 Å². The van der Waals surface area contributed by atoms with E-state index in [0.29, 0.717) is 48.1 Å². The molecule has 0 unspecified atom stereocenters. The maximum atomic E-state index is 14.3. The van der Waals surface area contributed by atoms with Crippen molar-refractivity contribution in [3.8, 4) is 5.75 Å². The van der Waals surface area contributed by atoms with E-state index in [1.54, 1.807) is 30.3 Å². The topological polar surface area (TPSA) is 61.9 Å². The second kappa shape index (κ2) is 7.28. The molecule has 162 valence electrons. The van der Waals surface area contributed by atoms with Gasteiger partial charge in [-0.05, 0) is 61.7 Å². The van der Waals surface area contributed by atoms with Gasteiger partial charge in [-0.1, -0.05) is 23.2 Å². The summed E-state index contributed by atoms with van der Waals surface area (Å²) in [5.41, 5.74) is -0.288. The molecule has 6 rings (SSSR count). The third kappa shape index (κ3) is 3.49. The Balaban J connectivity index is 1.15. The van der Waals surface area contributed by atoms with E-state index in [2.05, 4.69) is 5.32 Å². The van der Waals surface area contributed by atoms with Gasteiger partial charge in [0.2, 0.25) is 0 Å². The number of halogens is 3. The molecule has 31 heavy (non-hydrogen) atoms. The number of benzene rings is 2. The standard InChI is InChI=1S/C22H20Cl2FN3O3/c23-14-1-4-16(5-2-14)31-10-19(29)26-21-11-22(12-21,13-21)28-8-7-27(20(28)30)18-6-3-15(24)9-17(18)25/h1-6,9H,7-8,10-13H2,(H,26,29). The molecular weight excluding hydrogens is 444 g/mol. The molecular formula is C22H20Cl2FN3O3. The van der Waals surface area contributed by atoms with Gasteiger partial charge in [-0.25, -0.2) is 9.18 Å². The fraction of sp³-hybridized carbons (Fsp3) is 0.364. The molecule has 1 saturated heterocycles. The molecule has 6 nitrogen and oxygen atoms in total. The fourth-order valence-corrected chi connectivity index (χ4v) is 5.35. The van der Waals surface area contributed by atoms with E-state index in [0.717, 1.165) is 0 Å². The van der Waals surface area contributed by atoms with E-state index < -0.39 is 5.82 Å². The van der Waals surface area contributed by atoms with Crippen molar-refractivity contribution in [3.63, 3.8) is 0 Å². The second-order valence-corrected chi connectivity index (χ2v) is 9.38. The van der Waals surface area contributed by atoms with Crippen LogP contribution in [0, 0.1) is 5.82 Å². The van der Waals surface area contributed by atoms with Crippen molar-refractivity contribution in [1.82, 2.24) is 10.2 Å². The van der Waals surface area contributed by atoms with Crippen molar-refractivity contribution in [3.05, 3.63) is 58.3 Å². The number of ether oxygens (including phenoxy) is 1. The maximum Gasteiger partial charge on any atom is 0.325 e. The summed E-state index contributed by atoms with van der Waals surface area (Å²) in [6, 6.07) is 10.9. The largest absolute Gasteiger partial charge is 0.484 e. The molecule has 3 saturated carbocycles. The van der Waals surface area contributed by atoms with Gasteiger partial charge in [-0.15, -0.1) is 0 Å². The van der Waals surface area contributed by atoms with Gasteiger partial charge >= 0.3 is 6.03 Å². The van der Waals surface area contributed by atoms with E-state index in [1.807, 2.05) is 4.90 Å².